The molecule has 0 saturated carbocycles. The van der Waals surface area contributed by atoms with Crippen molar-refractivity contribution >= 4 is 22.5 Å². The average molecular weight is 353 g/mol. The highest BCUT2D eigenvalue weighted by atomic mass is 16.3. The summed E-state index contributed by atoms with van der Waals surface area (Å²) in [5.41, 5.74) is 1.55. The smallest absolute Gasteiger partial charge is 0.311 e. The molecule has 1 aromatic carbocycles. The molecule has 0 aliphatic rings. The van der Waals surface area contributed by atoms with Crippen LogP contribution in [0.4, 0.5) is 5.69 Å². The highest BCUT2D eigenvalue weighted by Gasteiger charge is 2.17. The number of hydrogen-bond acceptors (Lipinski definition) is 4. The fourth-order valence-electron chi connectivity index (χ4n) is 2.99. The SMILES string of the molecule is CCN(CC)CCn1c(O)c(N=NC(=O)c2ccc[nH]2)c2ccccc21. The summed E-state index contributed by atoms with van der Waals surface area (Å²) in [5.74, 6) is -0.448. The molecule has 26 heavy (non-hydrogen) atoms. The molecule has 0 radical (unpaired) electrons. The lowest BCUT2D eigenvalue weighted by Crippen LogP contribution is -2.26. The fraction of sp³-hybridized carbons (Fsp3) is 0.316. The number of nitrogens with zero attached hydrogens (tertiary/aromatic N) is 4. The second-order valence-electron chi connectivity index (χ2n) is 5.96. The number of likely N-dealkylation sites (N-methyl/N-ethyl adjacent to an activating group) is 1. The van der Waals surface area contributed by atoms with Crippen LogP contribution in [0, 0.1) is 0 Å². The van der Waals surface area contributed by atoms with Crippen molar-refractivity contribution in [3.05, 3.63) is 48.3 Å². The minimum Gasteiger partial charge on any atom is -0.493 e. The van der Waals surface area contributed by atoms with Gasteiger partial charge in [-0.1, -0.05) is 32.0 Å². The third-order valence-electron chi connectivity index (χ3n) is 4.52. The van der Waals surface area contributed by atoms with E-state index in [4.69, 9.17) is 0 Å². The minimum atomic E-state index is -0.477. The molecule has 0 saturated heterocycles. The Morgan fingerprint density at radius 1 is 1.19 bits per heavy atom. The zero-order chi connectivity index (χ0) is 18.5. The summed E-state index contributed by atoms with van der Waals surface area (Å²) in [6.45, 7) is 7.58. The van der Waals surface area contributed by atoms with Gasteiger partial charge < -0.3 is 19.6 Å². The molecule has 2 aromatic heterocycles. The average Bonchev–Trinajstić information content (AvgIpc) is 3.28. The molecule has 2 N–H and O–H groups in total. The number of hydrogen-bond donors (Lipinski definition) is 2. The van der Waals surface area contributed by atoms with Crippen LogP contribution in [0.2, 0.25) is 0 Å². The highest BCUT2D eigenvalue weighted by Crippen LogP contribution is 2.38. The molecular formula is C19H23N5O2. The van der Waals surface area contributed by atoms with Crippen molar-refractivity contribution in [3.8, 4) is 5.88 Å². The van der Waals surface area contributed by atoms with Gasteiger partial charge in [0.25, 0.3) is 0 Å². The molecule has 1 amide bonds. The summed E-state index contributed by atoms with van der Waals surface area (Å²) in [5, 5.41) is 19.3. The van der Waals surface area contributed by atoms with Gasteiger partial charge in [-0.05, 0) is 31.3 Å². The number of rotatable bonds is 7. The molecule has 0 unspecified atom stereocenters. The van der Waals surface area contributed by atoms with Gasteiger partial charge in [0.15, 0.2) is 5.69 Å². The number of azo groups is 1. The second-order valence-corrected chi connectivity index (χ2v) is 5.96. The van der Waals surface area contributed by atoms with E-state index < -0.39 is 5.91 Å². The van der Waals surface area contributed by atoms with E-state index in [2.05, 4.69) is 34.0 Å². The van der Waals surface area contributed by atoms with E-state index in [1.165, 1.54) is 0 Å². The standard InChI is InChI=1S/C19H23N5O2/c1-3-23(4-2)12-13-24-16-10-6-5-8-14(16)17(19(24)26)21-22-18(25)15-9-7-11-20-15/h5-11,20,26H,3-4,12-13H2,1-2H3. The lowest BCUT2D eigenvalue weighted by atomic mass is 10.2. The predicted molar refractivity (Wildman–Crippen MR) is 101 cm³/mol. The first-order chi connectivity index (χ1) is 12.7. The van der Waals surface area contributed by atoms with Crippen LogP contribution >= 0.6 is 0 Å². The van der Waals surface area contributed by atoms with Crippen molar-refractivity contribution in [2.75, 3.05) is 19.6 Å². The molecular weight excluding hydrogens is 330 g/mol. The molecule has 0 fully saturated rings. The van der Waals surface area contributed by atoms with Crippen LogP contribution in [0.3, 0.4) is 0 Å². The van der Waals surface area contributed by atoms with Crippen molar-refractivity contribution < 1.29 is 9.90 Å². The molecule has 7 nitrogen and oxygen atoms in total. The van der Waals surface area contributed by atoms with E-state index in [0.717, 1.165) is 30.5 Å². The Hall–Kier alpha value is -2.93. The van der Waals surface area contributed by atoms with Gasteiger partial charge in [-0.15, -0.1) is 10.2 Å². The van der Waals surface area contributed by atoms with E-state index in [-0.39, 0.29) is 5.88 Å². The van der Waals surface area contributed by atoms with Gasteiger partial charge >= 0.3 is 5.91 Å². The van der Waals surface area contributed by atoms with Gasteiger partial charge in [0.1, 0.15) is 5.69 Å². The molecule has 2 heterocycles. The molecule has 0 bridgehead atoms. The van der Waals surface area contributed by atoms with Crippen LogP contribution in [0.5, 0.6) is 5.88 Å². The van der Waals surface area contributed by atoms with Crippen molar-refractivity contribution in [1.29, 1.82) is 0 Å². The number of benzene rings is 1. The number of fused-ring (bicyclic) bond motifs is 1. The number of aromatic hydroxyl groups is 1. The Morgan fingerprint density at radius 3 is 2.65 bits per heavy atom. The van der Waals surface area contributed by atoms with Crippen LogP contribution in [0.15, 0.2) is 52.8 Å². The summed E-state index contributed by atoms with van der Waals surface area (Å²) in [6, 6.07) is 11.0. The number of carbonyl (C=O) groups excluding carboxylic acids is 1. The number of carbonyl (C=O) groups is 1. The topological polar surface area (TPSA) is 86.0 Å². The Balaban J connectivity index is 1.93. The summed E-state index contributed by atoms with van der Waals surface area (Å²) in [4.78, 5) is 17.1. The first kappa shape index (κ1) is 17.9. The van der Waals surface area contributed by atoms with Gasteiger partial charge in [0.05, 0.1) is 5.52 Å². The van der Waals surface area contributed by atoms with E-state index >= 15 is 0 Å². The summed E-state index contributed by atoms with van der Waals surface area (Å²) in [6.07, 6.45) is 1.65. The Labute approximate surface area is 152 Å². The number of para-hydroxylation sites is 1. The largest absolute Gasteiger partial charge is 0.493 e. The summed E-state index contributed by atoms with van der Waals surface area (Å²) in [7, 11) is 0. The van der Waals surface area contributed by atoms with Crippen LogP contribution in [-0.2, 0) is 6.54 Å². The number of H-pyrrole nitrogens is 1. The minimum absolute atomic E-state index is 0.0291. The van der Waals surface area contributed by atoms with Crippen LogP contribution < -0.4 is 0 Å². The van der Waals surface area contributed by atoms with Crippen LogP contribution in [-0.4, -0.2) is 45.1 Å². The zero-order valence-corrected chi connectivity index (χ0v) is 15.0. The van der Waals surface area contributed by atoms with Gasteiger partial charge in [-0.3, -0.25) is 4.79 Å². The van der Waals surface area contributed by atoms with E-state index in [0.29, 0.717) is 17.9 Å². The van der Waals surface area contributed by atoms with Gasteiger partial charge in [-0.25, -0.2) is 0 Å². The van der Waals surface area contributed by atoms with Gasteiger partial charge in [-0.2, -0.15) is 0 Å². The predicted octanol–water partition coefficient (Wildman–Crippen LogP) is 3.94. The molecule has 0 aliphatic carbocycles. The van der Waals surface area contributed by atoms with Crippen LogP contribution in [0.1, 0.15) is 24.3 Å². The Kier molecular flexibility index (Phi) is 5.48. The summed E-state index contributed by atoms with van der Waals surface area (Å²) < 4.78 is 1.82. The number of aromatic nitrogens is 2. The lowest BCUT2D eigenvalue weighted by molar-refractivity contribution is 0.0991. The normalized spacial score (nSPS) is 11.8. The Bertz CT molecular complexity index is 908. The monoisotopic (exact) mass is 353 g/mol. The molecule has 0 spiro atoms. The first-order valence-corrected chi connectivity index (χ1v) is 8.77. The fourth-order valence-corrected chi connectivity index (χ4v) is 2.99. The maximum atomic E-state index is 12.0. The number of aromatic amines is 1. The molecule has 3 aromatic rings. The van der Waals surface area contributed by atoms with Gasteiger partial charge in [0.2, 0.25) is 5.88 Å². The van der Waals surface area contributed by atoms with E-state index in [9.17, 15) is 9.90 Å². The maximum absolute atomic E-state index is 12.0. The van der Waals surface area contributed by atoms with Gasteiger partial charge in [0, 0.05) is 24.7 Å². The second kappa shape index (κ2) is 7.97. The van der Waals surface area contributed by atoms with E-state index in [1.807, 2.05) is 28.8 Å². The highest BCUT2D eigenvalue weighted by molar-refractivity contribution is 5.96. The molecule has 0 aliphatic heterocycles. The zero-order valence-electron chi connectivity index (χ0n) is 15.0. The Morgan fingerprint density at radius 2 is 1.96 bits per heavy atom. The first-order valence-electron chi connectivity index (χ1n) is 8.77. The third kappa shape index (κ3) is 3.52. The van der Waals surface area contributed by atoms with Crippen molar-refractivity contribution in [1.82, 2.24) is 14.5 Å². The molecule has 0 atom stereocenters. The molecule has 136 valence electrons. The summed E-state index contributed by atoms with van der Waals surface area (Å²) >= 11 is 0. The van der Waals surface area contributed by atoms with E-state index in [1.54, 1.807) is 18.3 Å². The van der Waals surface area contributed by atoms with Crippen molar-refractivity contribution in [2.24, 2.45) is 10.2 Å². The number of amides is 1. The quantitative estimate of drug-likeness (QED) is 0.631. The van der Waals surface area contributed by atoms with Crippen molar-refractivity contribution in [3.63, 3.8) is 0 Å². The molecule has 3 rings (SSSR count). The van der Waals surface area contributed by atoms with Crippen LogP contribution in [0.25, 0.3) is 10.9 Å². The maximum Gasteiger partial charge on any atom is 0.311 e. The third-order valence-corrected chi connectivity index (χ3v) is 4.52. The number of nitrogens with one attached hydrogen (secondary N) is 1. The lowest BCUT2D eigenvalue weighted by Gasteiger charge is -2.18. The molecule has 7 heteroatoms. The van der Waals surface area contributed by atoms with Crippen molar-refractivity contribution in [2.45, 2.75) is 20.4 Å².